The summed E-state index contributed by atoms with van der Waals surface area (Å²) in [7, 11) is 1.83. The first-order chi connectivity index (χ1) is 17.5. The molecule has 0 saturated carbocycles. The van der Waals surface area contributed by atoms with Gasteiger partial charge in [0.15, 0.2) is 5.69 Å². The highest BCUT2D eigenvalue weighted by Gasteiger charge is 2.23. The summed E-state index contributed by atoms with van der Waals surface area (Å²) in [6.45, 7) is 9.75. The molecule has 4 aromatic carbocycles. The Hall–Kier alpha value is -4.82. The van der Waals surface area contributed by atoms with Gasteiger partial charge in [-0.25, -0.2) is 9.41 Å². The molecule has 0 bridgehead atoms. The molecule has 0 aliphatic carbocycles. The van der Waals surface area contributed by atoms with Crippen LogP contribution in [0.3, 0.4) is 0 Å². The number of furan rings is 1. The number of rotatable bonds is 3. The summed E-state index contributed by atoms with van der Waals surface area (Å²) in [4.78, 5) is 7.53. The van der Waals surface area contributed by atoms with E-state index in [0.29, 0.717) is 22.5 Å². The molecule has 0 radical (unpaired) electrons. The number of aromatic nitrogens is 2. The maximum atomic E-state index is 14.1. The Balaban J connectivity index is 1.61. The third kappa shape index (κ3) is 3.43. The molecule has 6 aromatic rings. The summed E-state index contributed by atoms with van der Waals surface area (Å²) in [5, 5.41) is 1.60. The van der Waals surface area contributed by atoms with Gasteiger partial charge in [-0.1, -0.05) is 78.9 Å². The number of benzene rings is 4. The van der Waals surface area contributed by atoms with Gasteiger partial charge in [-0.2, -0.15) is 4.39 Å². The highest BCUT2D eigenvalue weighted by molar-refractivity contribution is 6.18. The summed E-state index contributed by atoms with van der Waals surface area (Å²) in [5.41, 5.74) is 8.36. The monoisotopic (exact) mass is 470 g/mol. The molecule has 36 heavy (non-hydrogen) atoms. The molecule has 0 amide bonds. The Morgan fingerprint density at radius 1 is 0.861 bits per heavy atom. The van der Waals surface area contributed by atoms with Gasteiger partial charge >= 0.3 is 5.95 Å². The van der Waals surface area contributed by atoms with Gasteiger partial charge in [-0.3, -0.25) is 0 Å². The van der Waals surface area contributed by atoms with Crippen molar-refractivity contribution in [2.24, 2.45) is 7.05 Å². The van der Waals surface area contributed by atoms with Crippen LogP contribution in [0.25, 0.3) is 60.3 Å². The van der Waals surface area contributed by atoms with Crippen molar-refractivity contribution < 1.29 is 13.4 Å². The Kier molecular flexibility index (Phi) is 5.09. The number of fused-ring (bicyclic) bond motifs is 3. The third-order valence-electron chi connectivity index (χ3n) is 6.64. The molecule has 0 saturated heterocycles. The van der Waals surface area contributed by atoms with Crippen LogP contribution in [-0.4, -0.2) is 4.98 Å². The maximum Gasteiger partial charge on any atom is 0.325 e. The molecule has 0 fully saturated rings. The first kappa shape index (κ1) is 21.7. The minimum absolute atomic E-state index is 0.522. The van der Waals surface area contributed by atoms with E-state index < -0.39 is 5.95 Å². The van der Waals surface area contributed by atoms with E-state index >= 15 is 0 Å². The third-order valence-corrected chi connectivity index (χ3v) is 6.64. The van der Waals surface area contributed by atoms with E-state index in [2.05, 4.69) is 46.2 Å². The van der Waals surface area contributed by atoms with Crippen molar-refractivity contribution in [1.82, 2.24) is 4.98 Å². The zero-order chi connectivity index (χ0) is 24.8. The van der Waals surface area contributed by atoms with Crippen molar-refractivity contribution in [3.8, 4) is 33.5 Å². The summed E-state index contributed by atoms with van der Waals surface area (Å²) in [5.74, 6) is -0.559. The average molecular weight is 471 g/mol. The van der Waals surface area contributed by atoms with Gasteiger partial charge in [0.1, 0.15) is 16.9 Å². The van der Waals surface area contributed by atoms with Gasteiger partial charge in [0.25, 0.3) is 6.33 Å². The Bertz CT molecular complexity index is 1810. The number of aryl methyl sites for hydroxylation is 2. The van der Waals surface area contributed by atoms with Gasteiger partial charge in [0, 0.05) is 16.3 Å². The smallest absolute Gasteiger partial charge is 0.325 e. The minimum atomic E-state index is -0.559. The van der Waals surface area contributed by atoms with Crippen LogP contribution >= 0.6 is 0 Å². The molecular formula is C31H21FN3O+. The Labute approximate surface area is 207 Å². The lowest BCUT2D eigenvalue weighted by molar-refractivity contribution is -0.663. The summed E-state index contributed by atoms with van der Waals surface area (Å²) >= 11 is 0. The van der Waals surface area contributed by atoms with Crippen molar-refractivity contribution in [3.05, 3.63) is 114 Å². The largest absolute Gasteiger partial charge is 0.456 e. The van der Waals surface area contributed by atoms with Gasteiger partial charge in [-0.05, 0) is 34.2 Å². The normalized spacial score (nSPS) is 11.2. The van der Waals surface area contributed by atoms with Crippen LogP contribution in [0, 0.1) is 19.4 Å². The highest BCUT2D eigenvalue weighted by Crippen LogP contribution is 2.44. The molecule has 5 heteroatoms. The standard InChI is InChI=1S/C31H21FN3O/c1-19-9-14-24-29-25(33-2)16-15-23(22-12-10-21(11-13-22)20-7-5-4-6-8-20)30(29)36-31(24)28(19)26-17-27(32)34-18-35(26)3/h4-18H,1,3H3/q+1. The number of nitrogens with zero attached hydrogens (tertiary/aromatic N) is 3. The highest BCUT2D eigenvalue weighted by atomic mass is 19.1. The molecule has 0 N–H and O–H groups in total. The average Bonchev–Trinajstić information content (AvgIpc) is 3.30. The van der Waals surface area contributed by atoms with E-state index in [4.69, 9.17) is 11.0 Å². The molecule has 0 atom stereocenters. The summed E-state index contributed by atoms with van der Waals surface area (Å²) < 4.78 is 22.5. The van der Waals surface area contributed by atoms with E-state index in [-0.39, 0.29) is 0 Å². The topological polar surface area (TPSA) is 34.3 Å². The van der Waals surface area contributed by atoms with E-state index in [0.717, 1.165) is 44.2 Å². The quantitative estimate of drug-likeness (QED) is 0.150. The number of hydrogen-bond donors (Lipinski definition) is 0. The predicted molar refractivity (Wildman–Crippen MR) is 140 cm³/mol. The van der Waals surface area contributed by atoms with Crippen LogP contribution in [0.4, 0.5) is 10.1 Å². The fourth-order valence-electron chi connectivity index (χ4n) is 4.84. The lowest BCUT2D eigenvalue weighted by Crippen LogP contribution is -2.32. The van der Waals surface area contributed by atoms with Crippen LogP contribution in [0.15, 0.2) is 95.7 Å². The molecule has 2 aromatic heterocycles. The van der Waals surface area contributed by atoms with E-state index in [9.17, 15) is 4.39 Å². The molecule has 2 heterocycles. The lowest BCUT2D eigenvalue weighted by atomic mass is 9.97. The second-order valence-corrected chi connectivity index (χ2v) is 8.84. The van der Waals surface area contributed by atoms with E-state index in [1.165, 1.54) is 12.4 Å². The Morgan fingerprint density at radius 2 is 1.58 bits per heavy atom. The Morgan fingerprint density at radius 3 is 2.33 bits per heavy atom. The van der Waals surface area contributed by atoms with E-state index in [1.54, 1.807) is 4.57 Å². The minimum Gasteiger partial charge on any atom is -0.456 e. The molecule has 0 aliphatic rings. The fraction of sp³-hybridized carbons (Fsp3) is 0.0645. The van der Waals surface area contributed by atoms with Crippen LogP contribution in [0.5, 0.6) is 0 Å². The van der Waals surface area contributed by atoms with Crippen LogP contribution in [0.1, 0.15) is 5.56 Å². The molecule has 4 nitrogen and oxygen atoms in total. The lowest BCUT2D eigenvalue weighted by Gasteiger charge is -2.07. The second kappa shape index (κ2) is 8.44. The van der Waals surface area contributed by atoms with E-state index in [1.807, 2.05) is 56.4 Å². The molecule has 0 spiro atoms. The van der Waals surface area contributed by atoms with Crippen molar-refractivity contribution >= 4 is 27.6 Å². The number of hydrogen-bond acceptors (Lipinski definition) is 2. The maximum absolute atomic E-state index is 14.1. The van der Waals surface area contributed by atoms with Gasteiger partial charge in [0.05, 0.1) is 25.2 Å². The van der Waals surface area contributed by atoms with Gasteiger partial charge in [0.2, 0.25) is 0 Å². The zero-order valence-corrected chi connectivity index (χ0v) is 19.8. The van der Waals surface area contributed by atoms with Crippen LogP contribution in [-0.2, 0) is 7.05 Å². The molecular weight excluding hydrogens is 449 g/mol. The van der Waals surface area contributed by atoms with Gasteiger partial charge < -0.3 is 4.42 Å². The van der Waals surface area contributed by atoms with Crippen molar-refractivity contribution in [1.29, 1.82) is 0 Å². The molecule has 0 unspecified atom stereocenters. The first-order valence-electron chi connectivity index (χ1n) is 11.6. The van der Waals surface area contributed by atoms with Crippen molar-refractivity contribution in [2.75, 3.05) is 0 Å². The van der Waals surface area contributed by atoms with Crippen molar-refractivity contribution in [2.45, 2.75) is 6.92 Å². The fourth-order valence-corrected chi connectivity index (χ4v) is 4.84. The number of halogens is 1. The van der Waals surface area contributed by atoms with Crippen LogP contribution in [0.2, 0.25) is 0 Å². The molecule has 0 aliphatic heterocycles. The predicted octanol–water partition coefficient (Wildman–Crippen LogP) is 7.80. The van der Waals surface area contributed by atoms with Crippen molar-refractivity contribution in [3.63, 3.8) is 0 Å². The van der Waals surface area contributed by atoms with Crippen LogP contribution < -0.4 is 4.57 Å². The molecule has 172 valence electrons. The summed E-state index contributed by atoms with van der Waals surface area (Å²) in [6.07, 6.45) is 1.45. The second-order valence-electron chi connectivity index (χ2n) is 8.84. The first-order valence-corrected chi connectivity index (χ1v) is 11.6. The summed E-state index contributed by atoms with van der Waals surface area (Å²) in [6, 6.07) is 27.7. The zero-order valence-electron chi connectivity index (χ0n) is 19.8. The van der Waals surface area contributed by atoms with Gasteiger partial charge in [-0.15, -0.1) is 0 Å². The molecule has 6 rings (SSSR count). The SMILES string of the molecule is [C-]#[N+]c1ccc(-c2ccc(-c3ccccc3)cc2)c2oc3c(-c4cc(F)nc[n+]4C)c(C)ccc3c12.